The molecule has 8 nitrogen and oxygen atoms in total. The predicted molar refractivity (Wildman–Crippen MR) is 75.7 cm³/mol. The number of β-amino-alcohol motifs (C(OH)–C–C–N with tert-alkyl or cyclic N) is 1. The average Bonchev–Trinajstić information content (AvgIpc) is 3.18. The second-order valence-corrected chi connectivity index (χ2v) is 5.72. The number of aliphatic hydroxyl groups is 1. The quantitative estimate of drug-likeness (QED) is 0.854. The highest BCUT2D eigenvalue weighted by Crippen LogP contribution is 2.32. The Morgan fingerprint density at radius 2 is 2.14 bits per heavy atom. The maximum atomic E-state index is 9.94. The summed E-state index contributed by atoms with van der Waals surface area (Å²) < 4.78 is 10.5. The van der Waals surface area contributed by atoms with Crippen molar-refractivity contribution in [1.82, 2.24) is 25.2 Å². The van der Waals surface area contributed by atoms with Gasteiger partial charge in [-0.1, -0.05) is 23.7 Å². The molecule has 0 spiro atoms. The lowest BCUT2D eigenvalue weighted by molar-refractivity contribution is 0.166. The average molecular weight is 307 g/mol. The summed E-state index contributed by atoms with van der Waals surface area (Å²) in [6.07, 6.45) is 3.09. The van der Waals surface area contributed by atoms with Crippen LogP contribution < -0.4 is 0 Å². The van der Waals surface area contributed by atoms with E-state index in [1.165, 1.54) is 0 Å². The Kier molecular flexibility index (Phi) is 4.49. The third-order valence-electron chi connectivity index (χ3n) is 3.81. The lowest BCUT2D eigenvalue weighted by Crippen LogP contribution is -2.25. The van der Waals surface area contributed by atoms with Crippen LogP contribution in [0.1, 0.15) is 55.7 Å². The molecule has 2 aromatic rings. The first-order chi connectivity index (χ1) is 10.7. The summed E-state index contributed by atoms with van der Waals surface area (Å²) in [4.78, 5) is 10.7. The molecule has 120 valence electrons. The monoisotopic (exact) mass is 307 g/mol. The Morgan fingerprint density at radius 3 is 2.86 bits per heavy atom. The van der Waals surface area contributed by atoms with Crippen molar-refractivity contribution in [2.45, 2.75) is 58.2 Å². The normalized spacial score (nSPS) is 22.5. The van der Waals surface area contributed by atoms with Crippen LogP contribution in [0.2, 0.25) is 0 Å². The Morgan fingerprint density at radius 1 is 1.27 bits per heavy atom. The van der Waals surface area contributed by atoms with Crippen LogP contribution >= 0.6 is 0 Å². The molecular weight excluding hydrogens is 286 g/mol. The second kappa shape index (κ2) is 6.53. The van der Waals surface area contributed by atoms with Crippen LogP contribution in [0.25, 0.3) is 0 Å². The first-order valence-corrected chi connectivity index (χ1v) is 7.69. The molecule has 1 N–H and O–H groups in total. The van der Waals surface area contributed by atoms with E-state index < -0.39 is 6.10 Å². The zero-order valence-electron chi connectivity index (χ0n) is 12.9. The molecule has 0 amide bonds. The van der Waals surface area contributed by atoms with Gasteiger partial charge in [0.2, 0.25) is 11.8 Å². The number of likely N-dealkylation sites (tertiary alicyclic amines) is 1. The van der Waals surface area contributed by atoms with Crippen LogP contribution in [0.4, 0.5) is 0 Å². The summed E-state index contributed by atoms with van der Waals surface area (Å²) in [5, 5.41) is 17.8. The molecule has 2 atom stereocenters. The molecule has 1 aliphatic heterocycles. The van der Waals surface area contributed by atoms with E-state index in [4.69, 9.17) is 9.05 Å². The summed E-state index contributed by atoms with van der Waals surface area (Å²) in [7, 11) is 0. The topological polar surface area (TPSA) is 101 Å². The van der Waals surface area contributed by atoms with Gasteiger partial charge in [0.15, 0.2) is 11.6 Å². The van der Waals surface area contributed by atoms with Crippen LogP contribution in [-0.4, -0.2) is 42.9 Å². The third-order valence-corrected chi connectivity index (χ3v) is 3.81. The summed E-state index contributed by atoms with van der Waals surface area (Å²) in [5.74, 6) is 2.42. The lowest BCUT2D eigenvalue weighted by atomic mass is 10.2. The van der Waals surface area contributed by atoms with Crippen molar-refractivity contribution in [3.05, 3.63) is 23.4 Å². The minimum Gasteiger partial charge on any atom is -0.392 e. The highest BCUT2D eigenvalue weighted by atomic mass is 16.5. The van der Waals surface area contributed by atoms with Crippen molar-refractivity contribution in [2.75, 3.05) is 6.54 Å². The van der Waals surface area contributed by atoms with Gasteiger partial charge < -0.3 is 14.2 Å². The fourth-order valence-electron chi connectivity index (χ4n) is 2.73. The molecule has 0 unspecified atom stereocenters. The van der Waals surface area contributed by atoms with E-state index in [1.54, 1.807) is 6.92 Å². The molecule has 1 fully saturated rings. The Balaban J connectivity index is 1.68. The van der Waals surface area contributed by atoms with Gasteiger partial charge in [-0.15, -0.1) is 0 Å². The van der Waals surface area contributed by atoms with Gasteiger partial charge in [-0.3, -0.25) is 4.90 Å². The van der Waals surface area contributed by atoms with E-state index >= 15 is 0 Å². The fourth-order valence-corrected chi connectivity index (χ4v) is 2.73. The van der Waals surface area contributed by atoms with E-state index in [0.29, 0.717) is 42.9 Å². The van der Waals surface area contributed by atoms with E-state index in [2.05, 4.69) is 27.2 Å². The minimum absolute atomic E-state index is 0.103. The van der Waals surface area contributed by atoms with E-state index in [1.807, 2.05) is 4.90 Å². The molecule has 0 radical (unpaired) electrons. The molecule has 3 heterocycles. The zero-order valence-corrected chi connectivity index (χ0v) is 12.9. The lowest BCUT2D eigenvalue weighted by Gasteiger charge is -2.18. The molecule has 3 rings (SSSR count). The number of hydrogen-bond donors (Lipinski definition) is 1. The summed E-state index contributed by atoms with van der Waals surface area (Å²) in [5.41, 5.74) is 0. The smallest absolute Gasteiger partial charge is 0.244 e. The van der Waals surface area contributed by atoms with Gasteiger partial charge in [-0.2, -0.15) is 9.97 Å². The van der Waals surface area contributed by atoms with Gasteiger partial charge in [-0.05, 0) is 19.8 Å². The molecule has 2 aromatic heterocycles. The molecule has 0 bridgehead atoms. The maximum Gasteiger partial charge on any atom is 0.244 e. The SMILES string of the molecule is CCCCc1nc(CN2C[C@@H](O)C[C@@H]2c2nc(C)no2)no1. The van der Waals surface area contributed by atoms with Crippen molar-refractivity contribution in [3.63, 3.8) is 0 Å². The standard InChI is InChI=1S/C14H21N5O3/c1-3-4-5-13-16-12(18-21-13)8-19-7-10(20)6-11(19)14-15-9(2)17-22-14/h10-11,20H,3-8H2,1-2H3/t10-,11+/m0/s1. The first kappa shape index (κ1) is 15.1. The van der Waals surface area contributed by atoms with E-state index in [0.717, 1.165) is 19.3 Å². The van der Waals surface area contributed by atoms with Crippen molar-refractivity contribution in [1.29, 1.82) is 0 Å². The molecular formula is C14H21N5O3. The Labute approximate surface area is 128 Å². The van der Waals surface area contributed by atoms with Crippen LogP contribution in [0, 0.1) is 6.92 Å². The number of unbranched alkanes of at least 4 members (excludes halogenated alkanes) is 1. The molecule has 1 saturated heterocycles. The third kappa shape index (κ3) is 3.33. The van der Waals surface area contributed by atoms with E-state index in [-0.39, 0.29) is 6.04 Å². The number of nitrogens with zero attached hydrogens (tertiary/aromatic N) is 5. The van der Waals surface area contributed by atoms with Gasteiger partial charge in [0, 0.05) is 13.0 Å². The van der Waals surface area contributed by atoms with Crippen LogP contribution in [0.3, 0.4) is 0 Å². The number of rotatable bonds is 6. The highest BCUT2D eigenvalue weighted by Gasteiger charge is 2.36. The van der Waals surface area contributed by atoms with Crippen LogP contribution in [0.15, 0.2) is 9.05 Å². The largest absolute Gasteiger partial charge is 0.392 e. The van der Waals surface area contributed by atoms with Crippen LogP contribution in [-0.2, 0) is 13.0 Å². The molecule has 0 aliphatic carbocycles. The van der Waals surface area contributed by atoms with Gasteiger partial charge in [-0.25, -0.2) is 0 Å². The molecule has 1 aliphatic rings. The summed E-state index contributed by atoms with van der Waals surface area (Å²) >= 11 is 0. The molecule has 22 heavy (non-hydrogen) atoms. The molecule has 8 heteroatoms. The van der Waals surface area contributed by atoms with E-state index in [9.17, 15) is 5.11 Å². The fraction of sp³-hybridized carbons (Fsp3) is 0.714. The Bertz CT molecular complexity index is 611. The minimum atomic E-state index is -0.413. The van der Waals surface area contributed by atoms with Crippen molar-refractivity contribution < 1.29 is 14.2 Å². The molecule has 0 aromatic carbocycles. The Hall–Kier alpha value is -1.80. The van der Waals surface area contributed by atoms with Gasteiger partial charge >= 0.3 is 0 Å². The number of hydrogen-bond acceptors (Lipinski definition) is 8. The zero-order chi connectivity index (χ0) is 15.5. The second-order valence-electron chi connectivity index (χ2n) is 5.72. The number of aromatic nitrogens is 4. The predicted octanol–water partition coefficient (Wildman–Crippen LogP) is 1.41. The highest BCUT2D eigenvalue weighted by molar-refractivity contribution is 5.00. The van der Waals surface area contributed by atoms with Crippen molar-refractivity contribution in [3.8, 4) is 0 Å². The van der Waals surface area contributed by atoms with Crippen LogP contribution in [0.5, 0.6) is 0 Å². The van der Waals surface area contributed by atoms with Gasteiger partial charge in [0.1, 0.15) is 0 Å². The number of aliphatic hydroxyl groups excluding tert-OH is 1. The first-order valence-electron chi connectivity index (χ1n) is 7.69. The number of aryl methyl sites for hydroxylation is 2. The maximum absolute atomic E-state index is 9.94. The van der Waals surface area contributed by atoms with Gasteiger partial charge in [0.05, 0.1) is 18.7 Å². The van der Waals surface area contributed by atoms with Crippen molar-refractivity contribution >= 4 is 0 Å². The summed E-state index contributed by atoms with van der Waals surface area (Å²) in [6, 6.07) is -0.103. The van der Waals surface area contributed by atoms with Crippen molar-refractivity contribution in [2.24, 2.45) is 0 Å². The summed E-state index contributed by atoms with van der Waals surface area (Å²) in [6.45, 7) is 4.94. The molecule has 0 saturated carbocycles. The van der Waals surface area contributed by atoms with Gasteiger partial charge in [0.25, 0.3) is 0 Å².